The maximum absolute atomic E-state index is 12.4. The van der Waals surface area contributed by atoms with Gasteiger partial charge in [-0.15, -0.1) is 0 Å². The van der Waals surface area contributed by atoms with Crippen molar-refractivity contribution >= 4 is 24.1 Å². The SMILES string of the molecule is CCC/C=C1/c2cc(C#CCN(C=N)NC)ccc2C=CN1Cc1ccc(C(=O)OC(C)(C)C)cc1. The fraction of sp³-hybridized carbons (Fsp3) is 0.333. The molecule has 1 aliphatic rings. The maximum atomic E-state index is 12.4. The Bertz CT molecular complexity index is 1190. The summed E-state index contributed by atoms with van der Waals surface area (Å²) < 4.78 is 5.48. The van der Waals surface area contributed by atoms with Crippen molar-refractivity contribution in [1.29, 1.82) is 5.41 Å². The molecule has 0 unspecified atom stereocenters. The van der Waals surface area contributed by atoms with E-state index in [1.54, 1.807) is 12.1 Å². The molecule has 3 rings (SSSR count). The standard InChI is InChI=1S/C30H36N4O2/c1-6-7-10-28-27-20-23(9-8-18-34(22-31)32-5)11-14-25(27)17-19-33(28)21-24-12-15-26(16-13-24)29(35)36-30(2,3)4/h10-17,19-20,22,31-32H,6-7,18,21H2,1-5H3/b28-10-,31-22?. The average Bonchev–Trinajstić information content (AvgIpc) is 2.85. The fourth-order valence-corrected chi connectivity index (χ4v) is 3.75. The number of hydrogen-bond donors (Lipinski definition) is 2. The van der Waals surface area contributed by atoms with Crippen molar-refractivity contribution in [2.45, 2.75) is 52.7 Å². The van der Waals surface area contributed by atoms with E-state index in [9.17, 15) is 4.79 Å². The quantitative estimate of drug-likeness (QED) is 0.166. The van der Waals surface area contributed by atoms with E-state index in [0.29, 0.717) is 18.7 Å². The summed E-state index contributed by atoms with van der Waals surface area (Å²) in [6.07, 6.45) is 9.78. The predicted octanol–water partition coefficient (Wildman–Crippen LogP) is 5.66. The van der Waals surface area contributed by atoms with Gasteiger partial charge in [0.05, 0.1) is 18.4 Å². The van der Waals surface area contributed by atoms with Crippen molar-refractivity contribution in [2.75, 3.05) is 13.6 Å². The second-order valence-corrected chi connectivity index (χ2v) is 9.60. The van der Waals surface area contributed by atoms with Crippen LogP contribution >= 0.6 is 0 Å². The molecule has 188 valence electrons. The van der Waals surface area contributed by atoms with Crippen LogP contribution in [0, 0.1) is 17.3 Å². The van der Waals surface area contributed by atoms with E-state index in [1.807, 2.05) is 51.1 Å². The van der Waals surface area contributed by atoms with Crippen molar-refractivity contribution in [1.82, 2.24) is 15.3 Å². The van der Waals surface area contributed by atoms with Crippen LogP contribution in [0.1, 0.15) is 73.1 Å². The molecule has 2 aromatic carbocycles. The molecule has 0 amide bonds. The highest BCUT2D eigenvalue weighted by atomic mass is 16.6. The average molecular weight is 485 g/mol. The number of fused-ring (bicyclic) bond motifs is 1. The van der Waals surface area contributed by atoms with Gasteiger partial charge in [-0.25, -0.2) is 10.2 Å². The van der Waals surface area contributed by atoms with Crippen LogP contribution in [0.2, 0.25) is 0 Å². The molecule has 0 saturated heterocycles. The molecule has 0 atom stereocenters. The first-order valence-electron chi connectivity index (χ1n) is 12.3. The molecule has 0 fully saturated rings. The first-order chi connectivity index (χ1) is 17.2. The summed E-state index contributed by atoms with van der Waals surface area (Å²) in [7, 11) is 1.77. The molecule has 0 aromatic heterocycles. The van der Waals surface area contributed by atoms with Crippen molar-refractivity contribution in [3.8, 4) is 11.8 Å². The third-order valence-electron chi connectivity index (χ3n) is 5.57. The van der Waals surface area contributed by atoms with E-state index >= 15 is 0 Å². The minimum Gasteiger partial charge on any atom is -0.456 e. The molecular formula is C30H36N4O2. The van der Waals surface area contributed by atoms with Gasteiger partial charge in [-0.2, -0.15) is 0 Å². The molecular weight excluding hydrogens is 448 g/mol. The van der Waals surface area contributed by atoms with Gasteiger partial charge in [-0.1, -0.05) is 49.5 Å². The number of rotatable bonds is 8. The molecule has 0 saturated carbocycles. The van der Waals surface area contributed by atoms with Crippen molar-refractivity contribution in [3.05, 3.63) is 82.6 Å². The number of nitrogens with zero attached hydrogens (tertiary/aromatic N) is 2. The lowest BCUT2D eigenvalue weighted by molar-refractivity contribution is 0.00695. The summed E-state index contributed by atoms with van der Waals surface area (Å²) >= 11 is 0. The zero-order chi connectivity index (χ0) is 26.1. The van der Waals surface area contributed by atoms with Gasteiger partial charge >= 0.3 is 5.97 Å². The minimum atomic E-state index is -0.518. The third kappa shape index (κ3) is 7.34. The maximum Gasteiger partial charge on any atom is 0.338 e. The number of allylic oxidation sites excluding steroid dienone is 1. The topological polar surface area (TPSA) is 68.7 Å². The van der Waals surface area contributed by atoms with Crippen molar-refractivity contribution in [2.24, 2.45) is 0 Å². The lowest BCUT2D eigenvalue weighted by Crippen LogP contribution is -2.33. The van der Waals surface area contributed by atoms with E-state index < -0.39 is 5.60 Å². The fourth-order valence-electron chi connectivity index (χ4n) is 3.75. The summed E-state index contributed by atoms with van der Waals surface area (Å²) in [5, 5.41) is 8.97. The van der Waals surface area contributed by atoms with Crippen LogP contribution in [0.3, 0.4) is 0 Å². The van der Waals surface area contributed by atoms with E-state index in [2.05, 4.69) is 59.6 Å². The van der Waals surface area contributed by atoms with E-state index in [-0.39, 0.29) is 5.97 Å². The third-order valence-corrected chi connectivity index (χ3v) is 5.57. The Balaban J connectivity index is 1.82. The monoisotopic (exact) mass is 484 g/mol. The Morgan fingerprint density at radius 3 is 2.58 bits per heavy atom. The van der Waals surface area contributed by atoms with Gasteiger partial charge in [0, 0.05) is 36.6 Å². The van der Waals surface area contributed by atoms with Gasteiger partial charge in [0.1, 0.15) is 5.60 Å². The molecule has 2 N–H and O–H groups in total. The molecule has 1 aliphatic heterocycles. The Morgan fingerprint density at radius 1 is 1.19 bits per heavy atom. The highest BCUT2D eigenvalue weighted by molar-refractivity contribution is 5.89. The molecule has 0 spiro atoms. The number of benzene rings is 2. The molecule has 0 aliphatic carbocycles. The second kappa shape index (κ2) is 12.2. The van der Waals surface area contributed by atoms with Crippen LogP contribution in [-0.4, -0.2) is 41.4 Å². The number of carbonyl (C=O) groups is 1. The lowest BCUT2D eigenvalue weighted by Gasteiger charge is -2.29. The smallest absolute Gasteiger partial charge is 0.338 e. The van der Waals surface area contributed by atoms with Gasteiger partial charge in [-0.3, -0.25) is 10.4 Å². The summed E-state index contributed by atoms with van der Waals surface area (Å²) in [5.74, 6) is 6.03. The Kier molecular flexibility index (Phi) is 9.10. The van der Waals surface area contributed by atoms with E-state index in [0.717, 1.165) is 40.8 Å². The summed E-state index contributed by atoms with van der Waals surface area (Å²) in [6, 6.07) is 13.9. The van der Waals surface area contributed by atoms with Gasteiger partial charge in [0.25, 0.3) is 0 Å². The van der Waals surface area contributed by atoms with Gasteiger partial charge in [-0.05, 0) is 68.7 Å². The molecule has 1 heterocycles. The molecule has 2 aromatic rings. The van der Waals surface area contributed by atoms with Gasteiger partial charge in [0.15, 0.2) is 0 Å². The minimum absolute atomic E-state index is 0.309. The highest BCUT2D eigenvalue weighted by Crippen LogP contribution is 2.32. The van der Waals surface area contributed by atoms with Crippen LogP contribution < -0.4 is 5.43 Å². The van der Waals surface area contributed by atoms with Crippen LogP contribution in [0.4, 0.5) is 0 Å². The van der Waals surface area contributed by atoms with Gasteiger partial charge < -0.3 is 9.64 Å². The predicted molar refractivity (Wildman–Crippen MR) is 147 cm³/mol. The molecule has 0 radical (unpaired) electrons. The Labute approximate surface area is 215 Å². The summed E-state index contributed by atoms with van der Waals surface area (Å²) in [5.41, 5.74) is 8.46. The van der Waals surface area contributed by atoms with Crippen molar-refractivity contribution in [3.63, 3.8) is 0 Å². The van der Waals surface area contributed by atoms with E-state index in [1.165, 1.54) is 6.34 Å². The summed E-state index contributed by atoms with van der Waals surface area (Å²) in [4.78, 5) is 14.6. The Morgan fingerprint density at radius 2 is 1.94 bits per heavy atom. The van der Waals surface area contributed by atoms with E-state index in [4.69, 9.17) is 10.1 Å². The second-order valence-electron chi connectivity index (χ2n) is 9.60. The highest BCUT2D eigenvalue weighted by Gasteiger charge is 2.19. The molecule has 6 nitrogen and oxygen atoms in total. The van der Waals surface area contributed by atoms with Gasteiger partial charge in [0.2, 0.25) is 0 Å². The Hall–Kier alpha value is -3.82. The molecule has 0 bridgehead atoms. The first kappa shape index (κ1) is 26.8. The summed E-state index contributed by atoms with van der Waals surface area (Å²) in [6.45, 7) is 8.90. The lowest BCUT2D eigenvalue weighted by atomic mass is 9.96. The van der Waals surface area contributed by atoms with Crippen LogP contribution in [0.25, 0.3) is 11.8 Å². The molecule has 6 heteroatoms. The largest absolute Gasteiger partial charge is 0.456 e. The van der Waals surface area contributed by atoms with Crippen LogP contribution in [0.15, 0.2) is 54.7 Å². The number of unbranched alkanes of at least 4 members (excludes halogenated alkanes) is 1. The van der Waals surface area contributed by atoms with Crippen LogP contribution in [-0.2, 0) is 11.3 Å². The number of carbonyl (C=O) groups excluding carboxylic acids is 1. The number of hydrogen-bond acceptors (Lipinski definition) is 5. The number of nitrogens with one attached hydrogen (secondary N) is 2. The number of ether oxygens (including phenoxy) is 1. The van der Waals surface area contributed by atoms with Crippen LogP contribution in [0.5, 0.6) is 0 Å². The first-order valence-corrected chi connectivity index (χ1v) is 12.3. The number of hydrazine groups is 1. The zero-order valence-electron chi connectivity index (χ0n) is 21.9. The molecule has 36 heavy (non-hydrogen) atoms. The normalized spacial score (nSPS) is 13.6. The number of esters is 1. The zero-order valence-corrected chi connectivity index (χ0v) is 21.9. The van der Waals surface area contributed by atoms with Crippen molar-refractivity contribution < 1.29 is 9.53 Å².